The van der Waals surface area contributed by atoms with Crippen LogP contribution in [-0.2, 0) is 6.42 Å². The summed E-state index contributed by atoms with van der Waals surface area (Å²) in [6.45, 7) is 6.26. The quantitative estimate of drug-likeness (QED) is 0.845. The Morgan fingerprint density at radius 3 is 2.38 bits per heavy atom. The third-order valence-electron chi connectivity index (χ3n) is 3.59. The fraction of sp³-hybridized carbons (Fsp3) is 0.444. The summed E-state index contributed by atoms with van der Waals surface area (Å²) >= 11 is 0. The molecule has 1 atom stereocenters. The standard InChI is InChI=1S/C18H24O3/c1-5-17-15(16(19)10-12(2)3)11-18(21-17)13-6-8-14(20-4)9-7-13/h6-9,11-12,16,19H,5,10H2,1-4H3. The smallest absolute Gasteiger partial charge is 0.134 e. The molecule has 0 fully saturated rings. The highest BCUT2D eigenvalue weighted by molar-refractivity contribution is 5.60. The molecule has 0 amide bonds. The molecule has 2 rings (SSSR count). The van der Waals surface area contributed by atoms with Gasteiger partial charge in [-0.3, -0.25) is 0 Å². The molecule has 0 saturated carbocycles. The van der Waals surface area contributed by atoms with Gasteiger partial charge in [0.05, 0.1) is 13.2 Å². The molecular weight excluding hydrogens is 264 g/mol. The average molecular weight is 288 g/mol. The highest BCUT2D eigenvalue weighted by atomic mass is 16.5. The molecule has 1 unspecified atom stereocenters. The largest absolute Gasteiger partial charge is 0.497 e. The van der Waals surface area contributed by atoms with Crippen LogP contribution in [0.1, 0.15) is 44.6 Å². The van der Waals surface area contributed by atoms with Gasteiger partial charge in [0.1, 0.15) is 17.3 Å². The predicted molar refractivity (Wildman–Crippen MR) is 84.5 cm³/mol. The number of aryl methyl sites for hydroxylation is 1. The first-order chi connectivity index (χ1) is 10.0. The van der Waals surface area contributed by atoms with Crippen molar-refractivity contribution in [3.05, 3.63) is 41.7 Å². The number of aliphatic hydroxyl groups excluding tert-OH is 1. The van der Waals surface area contributed by atoms with Gasteiger partial charge in [-0.2, -0.15) is 0 Å². The molecule has 0 aliphatic carbocycles. The fourth-order valence-corrected chi connectivity index (χ4v) is 2.47. The normalized spacial score (nSPS) is 12.7. The molecule has 2 aromatic rings. The maximum absolute atomic E-state index is 10.4. The van der Waals surface area contributed by atoms with Crippen LogP contribution in [-0.4, -0.2) is 12.2 Å². The highest BCUT2D eigenvalue weighted by Crippen LogP contribution is 2.33. The van der Waals surface area contributed by atoms with Crippen LogP contribution in [0.3, 0.4) is 0 Å². The van der Waals surface area contributed by atoms with Crippen LogP contribution >= 0.6 is 0 Å². The van der Waals surface area contributed by atoms with Crippen LogP contribution in [0.2, 0.25) is 0 Å². The fourth-order valence-electron chi connectivity index (χ4n) is 2.47. The Balaban J connectivity index is 2.30. The number of hydrogen-bond acceptors (Lipinski definition) is 3. The number of aliphatic hydroxyl groups is 1. The molecule has 1 aromatic heterocycles. The van der Waals surface area contributed by atoms with Crippen LogP contribution in [0.4, 0.5) is 0 Å². The summed E-state index contributed by atoms with van der Waals surface area (Å²) in [6.07, 6.45) is 1.06. The van der Waals surface area contributed by atoms with Crippen LogP contribution in [0, 0.1) is 5.92 Å². The zero-order chi connectivity index (χ0) is 15.4. The van der Waals surface area contributed by atoms with Gasteiger partial charge in [-0.05, 0) is 42.7 Å². The average Bonchev–Trinajstić information content (AvgIpc) is 2.91. The summed E-state index contributed by atoms with van der Waals surface area (Å²) < 4.78 is 11.1. The Kier molecular flexibility index (Phi) is 5.07. The van der Waals surface area contributed by atoms with Gasteiger partial charge in [0, 0.05) is 17.5 Å². The molecule has 21 heavy (non-hydrogen) atoms. The molecule has 3 heteroatoms. The van der Waals surface area contributed by atoms with Crippen molar-refractivity contribution < 1.29 is 14.3 Å². The summed E-state index contributed by atoms with van der Waals surface area (Å²) in [7, 11) is 1.65. The molecule has 1 heterocycles. The van der Waals surface area contributed by atoms with Crippen molar-refractivity contribution in [3.63, 3.8) is 0 Å². The molecular formula is C18H24O3. The molecule has 114 valence electrons. The van der Waals surface area contributed by atoms with Crippen molar-refractivity contribution >= 4 is 0 Å². The first kappa shape index (κ1) is 15.6. The van der Waals surface area contributed by atoms with Crippen molar-refractivity contribution in [3.8, 4) is 17.1 Å². The number of furan rings is 1. The minimum atomic E-state index is -0.462. The molecule has 0 spiro atoms. The van der Waals surface area contributed by atoms with Crippen molar-refractivity contribution in [1.82, 2.24) is 0 Å². The lowest BCUT2D eigenvalue weighted by Crippen LogP contribution is -2.02. The maximum atomic E-state index is 10.4. The number of rotatable bonds is 6. The van der Waals surface area contributed by atoms with E-state index in [-0.39, 0.29) is 0 Å². The minimum absolute atomic E-state index is 0.448. The Labute approximate surface area is 126 Å². The van der Waals surface area contributed by atoms with Gasteiger partial charge in [0.2, 0.25) is 0 Å². The van der Waals surface area contributed by atoms with E-state index in [9.17, 15) is 5.11 Å². The lowest BCUT2D eigenvalue weighted by atomic mass is 9.98. The van der Waals surface area contributed by atoms with E-state index in [1.165, 1.54) is 0 Å². The molecule has 0 radical (unpaired) electrons. The van der Waals surface area contributed by atoms with Crippen LogP contribution in [0.15, 0.2) is 34.7 Å². The Morgan fingerprint density at radius 1 is 1.19 bits per heavy atom. The molecule has 1 aromatic carbocycles. The van der Waals surface area contributed by atoms with Gasteiger partial charge >= 0.3 is 0 Å². The summed E-state index contributed by atoms with van der Waals surface area (Å²) in [5.74, 6) is 2.94. The van der Waals surface area contributed by atoms with Gasteiger partial charge in [0.25, 0.3) is 0 Å². The van der Waals surface area contributed by atoms with E-state index in [1.807, 2.05) is 37.3 Å². The molecule has 1 N–H and O–H groups in total. The van der Waals surface area contributed by atoms with E-state index in [1.54, 1.807) is 7.11 Å². The Morgan fingerprint density at radius 2 is 1.86 bits per heavy atom. The maximum Gasteiger partial charge on any atom is 0.134 e. The second-order valence-corrected chi connectivity index (χ2v) is 5.72. The summed E-state index contributed by atoms with van der Waals surface area (Å²) in [5.41, 5.74) is 1.91. The predicted octanol–water partition coefficient (Wildman–Crippen LogP) is 4.60. The Hall–Kier alpha value is -1.74. The number of methoxy groups -OCH3 is 1. The molecule has 0 bridgehead atoms. The van der Waals surface area contributed by atoms with E-state index < -0.39 is 6.10 Å². The lowest BCUT2D eigenvalue weighted by Gasteiger charge is -2.12. The third-order valence-corrected chi connectivity index (χ3v) is 3.59. The number of hydrogen-bond donors (Lipinski definition) is 1. The number of ether oxygens (including phenoxy) is 1. The van der Waals surface area contributed by atoms with Crippen molar-refractivity contribution in [2.24, 2.45) is 5.92 Å². The Bertz CT molecular complexity index is 567. The third kappa shape index (κ3) is 3.67. The van der Waals surface area contributed by atoms with Crippen molar-refractivity contribution in [1.29, 1.82) is 0 Å². The summed E-state index contributed by atoms with van der Waals surface area (Å²) in [5, 5.41) is 10.4. The van der Waals surface area contributed by atoms with Crippen LogP contribution in [0.5, 0.6) is 5.75 Å². The first-order valence-corrected chi connectivity index (χ1v) is 7.50. The van der Waals surface area contributed by atoms with E-state index in [0.29, 0.717) is 5.92 Å². The molecule has 0 aliphatic rings. The van der Waals surface area contributed by atoms with Gasteiger partial charge < -0.3 is 14.3 Å². The van der Waals surface area contributed by atoms with Crippen LogP contribution in [0.25, 0.3) is 11.3 Å². The SMILES string of the molecule is CCc1oc(-c2ccc(OC)cc2)cc1C(O)CC(C)C. The molecule has 3 nitrogen and oxygen atoms in total. The van der Waals surface area contributed by atoms with Crippen LogP contribution < -0.4 is 4.74 Å². The van der Waals surface area contributed by atoms with E-state index >= 15 is 0 Å². The second-order valence-electron chi connectivity index (χ2n) is 5.72. The van der Waals surface area contributed by atoms with E-state index in [2.05, 4.69) is 13.8 Å². The zero-order valence-electron chi connectivity index (χ0n) is 13.2. The number of benzene rings is 1. The summed E-state index contributed by atoms with van der Waals surface area (Å²) in [4.78, 5) is 0. The van der Waals surface area contributed by atoms with Gasteiger partial charge in [-0.15, -0.1) is 0 Å². The van der Waals surface area contributed by atoms with Gasteiger partial charge in [-0.25, -0.2) is 0 Å². The highest BCUT2D eigenvalue weighted by Gasteiger charge is 2.19. The van der Waals surface area contributed by atoms with Gasteiger partial charge in [-0.1, -0.05) is 20.8 Å². The van der Waals surface area contributed by atoms with Crippen molar-refractivity contribution in [2.75, 3.05) is 7.11 Å². The second kappa shape index (κ2) is 6.81. The molecule has 0 aliphatic heterocycles. The molecule has 0 saturated heterocycles. The zero-order valence-corrected chi connectivity index (χ0v) is 13.2. The van der Waals surface area contributed by atoms with E-state index in [4.69, 9.17) is 9.15 Å². The monoisotopic (exact) mass is 288 g/mol. The van der Waals surface area contributed by atoms with Gasteiger partial charge in [0.15, 0.2) is 0 Å². The summed E-state index contributed by atoms with van der Waals surface area (Å²) in [6, 6.07) is 9.72. The lowest BCUT2D eigenvalue weighted by molar-refractivity contribution is 0.149. The minimum Gasteiger partial charge on any atom is -0.497 e. The topological polar surface area (TPSA) is 42.6 Å². The first-order valence-electron chi connectivity index (χ1n) is 7.50. The van der Waals surface area contributed by atoms with E-state index in [0.717, 1.165) is 41.2 Å². The van der Waals surface area contributed by atoms with Crippen molar-refractivity contribution in [2.45, 2.75) is 39.7 Å².